The van der Waals surface area contributed by atoms with E-state index in [1.165, 1.54) is 10.3 Å². The second-order valence-electron chi connectivity index (χ2n) is 5.62. The molecule has 3 aromatic carbocycles. The first kappa shape index (κ1) is 16.2. The lowest BCUT2D eigenvalue weighted by molar-refractivity contribution is 0.288. The number of thiazole rings is 1. The largest absolute Gasteiger partial charge is 0.479 e. The van der Waals surface area contributed by atoms with Gasteiger partial charge in [-0.25, -0.2) is 4.98 Å². The van der Waals surface area contributed by atoms with Crippen LogP contribution in [0.2, 0.25) is 0 Å². The Hall–Kier alpha value is -2.30. The Kier molecular flexibility index (Phi) is 5.00. The van der Waals surface area contributed by atoms with Crippen molar-refractivity contribution in [3.8, 4) is 5.75 Å². The average molecular weight is 364 g/mol. The fourth-order valence-corrected chi connectivity index (χ4v) is 4.87. The van der Waals surface area contributed by atoms with Crippen molar-refractivity contribution in [2.24, 2.45) is 0 Å². The summed E-state index contributed by atoms with van der Waals surface area (Å²) < 4.78 is 8.50. The van der Waals surface area contributed by atoms with Crippen LogP contribution < -0.4 is 4.74 Å². The zero-order chi connectivity index (χ0) is 16.9. The van der Waals surface area contributed by atoms with E-state index in [0.717, 1.165) is 22.0 Å². The molecule has 0 saturated heterocycles. The van der Waals surface area contributed by atoms with Crippen LogP contribution in [0.25, 0.3) is 10.2 Å². The Morgan fingerprint density at radius 2 is 1.52 bits per heavy atom. The molecule has 0 aliphatic carbocycles. The monoisotopic (exact) mass is 363 g/mol. The third-order valence-electron chi connectivity index (χ3n) is 3.76. The molecule has 1 heterocycles. The van der Waals surface area contributed by atoms with E-state index >= 15 is 0 Å². The van der Waals surface area contributed by atoms with E-state index in [-0.39, 0.29) is 5.44 Å². The number of benzene rings is 3. The van der Waals surface area contributed by atoms with E-state index in [4.69, 9.17) is 9.72 Å². The standard InChI is InChI=1S/C21H17NOS2/c1-3-9-16(10-4-1)15-20(23-17-11-5-2-6-12-17)25-21-22-18-13-7-8-14-19(18)24-21/h1-14,20H,15H2. The van der Waals surface area contributed by atoms with Crippen molar-refractivity contribution < 1.29 is 4.74 Å². The second kappa shape index (κ2) is 7.72. The van der Waals surface area contributed by atoms with Crippen molar-refractivity contribution >= 4 is 33.3 Å². The van der Waals surface area contributed by atoms with Gasteiger partial charge in [-0.3, -0.25) is 0 Å². The lowest BCUT2D eigenvalue weighted by Gasteiger charge is -2.17. The molecule has 1 unspecified atom stereocenters. The molecule has 0 amide bonds. The van der Waals surface area contributed by atoms with Crippen molar-refractivity contribution in [1.29, 1.82) is 0 Å². The summed E-state index contributed by atoms with van der Waals surface area (Å²) in [5, 5.41) is 0. The molecule has 0 aliphatic rings. The Balaban J connectivity index is 1.57. The number of hydrogen-bond donors (Lipinski definition) is 0. The molecule has 4 aromatic rings. The minimum atomic E-state index is -0.0228. The van der Waals surface area contributed by atoms with Crippen LogP contribution >= 0.6 is 23.1 Å². The third-order valence-corrected chi connectivity index (χ3v) is 5.95. The maximum Gasteiger partial charge on any atom is 0.155 e. The van der Waals surface area contributed by atoms with Gasteiger partial charge in [-0.1, -0.05) is 72.4 Å². The molecule has 25 heavy (non-hydrogen) atoms. The van der Waals surface area contributed by atoms with Gasteiger partial charge in [0.05, 0.1) is 10.2 Å². The molecule has 2 nitrogen and oxygen atoms in total. The van der Waals surface area contributed by atoms with Gasteiger partial charge in [0.25, 0.3) is 0 Å². The first-order chi connectivity index (χ1) is 12.4. The number of thioether (sulfide) groups is 1. The summed E-state index contributed by atoms with van der Waals surface area (Å²) >= 11 is 3.41. The fourth-order valence-electron chi connectivity index (χ4n) is 2.58. The molecule has 0 N–H and O–H groups in total. The fraction of sp³-hybridized carbons (Fsp3) is 0.0952. The predicted octanol–water partition coefficient (Wildman–Crippen LogP) is 6.04. The Morgan fingerprint density at radius 1 is 0.840 bits per heavy atom. The van der Waals surface area contributed by atoms with Gasteiger partial charge in [-0.05, 0) is 29.8 Å². The van der Waals surface area contributed by atoms with E-state index in [9.17, 15) is 0 Å². The second-order valence-corrected chi connectivity index (χ2v) is 8.05. The minimum absolute atomic E-state index is 0.0228. The van der Waals surface area contributed by atoms with Crippen LogP contribution in [-0.4, -0.2) is 10.4 Å². The SMILES string of the molecule is c1ccc(CC(Oc2ccccc2)Sc2nc3ccccc3s2)cc1. The smallest absolute Gasteiger partial charge is 0.155 e. The number of aromatic nitrogens is 1. The highest BCUT2D eigenvalue weighted by molar-refractivity contribution is 8.01. The van der Waals surface area contributed by atoms with Crippen molar-refractivity contribution in [2.75, 3.05) is 0 Å². The Bertz CT molecular complexity index is 863. The van der Waals surface area contributed by atoms with Gasteiger partial charge in [0.15, 0.2) is 9.78 Å². The summed E-state index contributed by atoms with van der Waals surface area (Å²) in [4.78, 5) is 4.74. The van der Waals surface area contributed by atoms with Gasteiger partial charge in [0, 0.05) is 6.42 Å². The highest BCUT2D eigenvalue weighted by Gasteiger charge is 2.16. The van der Waals surface area contributed by atoms with Gasteiger partial charge >= 0.3 is 0 Å². The highest BCUT2D eigenvalue weighted by Crippen LogP contribution is 2.34. The van der Waals surface area contributed by atoms with Gasteiger partial charge in [-0.2, -0.15) is 0 Å². The highest BCUT2D eigenvalue weighted by atomic mass is 32.2. The Labute approximate surface area is 155 Å². The lowest BCUT2D eigenvalue weighted by Crippen LogP contribution is -2.15. The van der Waals surface area contributed by atoms with Crippen LogP contribution in [0, 0.1) is 0 Å². The van der Waals surface area contributed by atoms with Crippen LogP contribution in [-0.2, 0) is 6.42 Å². The molecule has 124 valence electrons. The molecule has 0 bridgehead atoms. The molecule has 1 aromatic heterocycles. The number of para-hydroxylation sites is 2. The van der Waals surface area contributed by atoms with E-state index in [1.807, 2.05) is 42.5 Å². The first-order valence-electron chi connectivity index (χ1n) is 8.15. The lowest BCUT2D eigenvalue weighted by atomic mass is 10.2. The minimum Gasteiger partial charge on any atom is -0.479 e. The normalized spacial score (nSPS) is 12.2. The van der Waals surface area contributed by atoms with Gasteiger partial charge in [0.1, 0.15) is 5.75 Å². The zero-order valence-corrected chi connectivity index (χ0v) is 15.2. The first-order valence-corrected chi connectivity index (χ1v) is 9.84. The van der Waals surface area contributed by atoms with E-state index < -0.39 is 0 Å². The van der Waals surface area contributed by atoms with Crippen LogP contribution in [0.1, 0.15) is 5.56 Å². The topological polar surface area (TPSA) is 22.1 Å². The maximum absolute atomic E-state index is 6.25. The van der Waals surface area contributed by atoms with Crippen LogP contribution in [0.4, 0.5) is 0 Å². The molecule has 4 rings (SSSR count). The quantitative estimate of drug-likeness (QED) is 0.308. The molecule has 4 heteroatoms. The number of fused-ring (bicyclic) bond motifs is 1. The predicted molar refractivity (Wildman–Crippen MR) is 106 cm³/mol. The molecule has 0 fully saturated rings. The molecule has 0 radical (unpaired) electrons. The van der Waals surface area contributed by atoms with Crippen molar-refractivity contribution in [2.45, 2.75) is 16.2 Å². The average Bonchev–Trinajstić information content (AvgIpc) is 3.05. The third kappa shape index (κ3) is 4.21. The van der Waals surface area contributed by atoms with E-state index in [2.05, 4.69) is 42.5 Å². The number of ether oxygens (including phenoxy) is 1. The van der Waals surface area contributed by atoms with Crippen molar-refractivity contribution in [3.05, 3.63) is 90.5 Å². The molecule has 0 saturated carbocycles. The molecule has 1 atom stereocenters. The maximum atomic E-state index is 6.25. The summed E-state index contributed by atoms with van der Waals surface area (Å²) in [5.41, 5.74) is 2.29. The van der Waals surface area contributed by atoms with Crippen LogP contribution in [0.15, 0.2) is 89.3 Å². The zero-order valence-electron chi connectivity index (χ0n) is 13.5. The van der Waals surface area contributed by atoms with E-state index in [0.29, 0.717) is 0 Å². The summed E-state index contributed by atoms with van der Waals surface area (Å²) in [7, 11) is 0. The van der Waals surface area contributed by atoms with Crippen molar-refractivity contribution in [1.82, 2.24) is 4.98 Å². The molecule has 0 spiro atoms. The van der Waals surface area contributed by atoms with Gasteiger partial charge < -0.3 is 4.74 Å². The molecular formula is C21H17NOS2. The van der Waals surface area contributed by atoms with Gasteiger partial charge in [0.2, 0.25) is 0 Å². The number of rotatable bonds is 6. The van der Waals surface area contributed by atoms with E-state index in [1.54, 1.807) is 23.1 Å². The Morgan fingerprint density at radius 3 is 2.28 bits per heavy atom. The summed E-state index contributed by atoms with van der Waals surface area (Å²) in [5.74, 6) is 0.886. The summed E-state index contributed by atoms with van der Waals surface area (Å²) in [6, 6.07) is 28.7. The van der Waals surface area contributed by atoms with Gasteiger partial charge in [-0.15, -0.1) is 11.3 Å². The van der Waals surface area contributed by atoms with Crippen molar-refractivity contribution in [3.63, 3.8) is 0 Å². The van der Waals surface area contributed by atoms with Crippen LogP contribution in [0.3, 0.4) is 0 Å². The molecule has 0 aliphatic heterocycles. The number of nitrogens with zero attached hydrogens (tertiary/aromatic N) is 1. The van der Waals surface area contributed by atoms with Crippen LogP contribution in [0.5, 0.6) is 5.75 Å². The summed E-state index contributed by atoms with van der Waals surface area (Å²) in [6.45, 7) is 0. The molecular weight excluding hydrogens is 346 g/mol. The number of hydrogen-bond acceptors (Lipinski definition) is 4. The summed E-state index contributed by atoms with van der Waals surface area (Å²) in [6.07, 6.45) is 0.830.